The minimum atomic E-state index is -3.62. The van der Waals surface area contributed by atoms with Gasteiger partial charge in [0.25, 0.3) is 0 Å². The summed E-state index contributed by atoms with van der Waals surface area (Å²) in [6.07, 6.45) is -1.52. The molecule has 0 aliphatic carbocycles. The molecular formula is C9H16N2O6S. The minimum Gasteiger partial charge on any atom is -0.479 e. The molecule has 8 nitrogen and oxygen atoms in total. The topological polar surface area (TPSA) is 138 Å². The first kappa shape index (κ1) is 14.9. The maximum Gasteiger partial charge on any atom is 0.332 e. The van der Waals surface area contributed by atoms with Crippen molar-refractivity contribution in [3.63, 3.8) is 0 Å². The summed E-state index contributed by atoms with van der Waals surface area (Å²) < 4.78 is 21.8. The van der Waals surface area contributed by atoms with Gasteiger partial charge in [-0.25, -0.2) is 18.4 Å². The Morgan fingerprint density at radius 1 is 1.56 bits per heavy atom. The molecule has 9 heteroatoms. The monoisotopic (exact) mass is 280 g/mol. The summed E-state index contributed by atoms with van der Waals surface area (Å²) in [5, 5.41) is 22.4. The molecule has 1 heterocycles. The quantitative estimate of drug-likeness (QED) is 0.512. The lowest BCUT2D eigenvalue weighted by molar-refractivity contribution is -0.147. The van der Waals surface area contributed by atoms with Gasteiger partial charge in [0, 0.05) is 31.8 Å². The van der Waals surface area contributed by atoms with Crippen molar-refractivity contribution < 1.29 is 28.2 Å². The van der Waals surface area contributed by atoms with Gasteiger partial charge in [-0.15, -0.1) is 0 Å². The Bertz CT molecular complexity index is 434. The van der Waals surface area contributed by atoms with Gasteiger partial charge in [0.1, 0.15) is 0 Å². The van der Waals surface area contributed by atoms with Crippen molar-refractivity contribution in [3.05, 3.63) is 0 Å². The van der Waals surface area contributed by atoms with E-state index >= 15 is 0 Å². The summed E-state index contributed by atoms with van der Waals surface area (Å²) in [4.78, 5) is 23.3. The van der Waals surface area contributed by atoms with Gasteiger partial charge in [-0.3, -0.25) is 4.79 Å². The predicted molar refractivity (Wildman–Crippen MR) is 60.9 cm³/mol. The third kappa shape index (κ3) is 4.59. The first-order valence-corrected chi connectivity index (χ1v) is 7.09. The van der Waals surface area contributed by atoms with Gasteiger partial charge < -0.3 is 15.1 Å². The number of sulfonamides is 1. The number of carboxylic acids is 1. The number of aliphatic hydroxyl groups is 1. The number of carbonyl (C=O) groups is 2. The highest BCUT2D eigenvalue weighted by Crippen LogP contribution is 2.19. The molecule has 2 atom stereocenters. The molecule has 0 bridgehead atoms. The number of rotatable bonds is 6. The van der Waals surface area contributed by atoms with Gasteiger partial charge in [0.05, 0.1) is 5.75 Å². The van der Waals surface area contributed by atoms with Crippen LogP contribution in [0.15, 0.2) is 0 Å². The van der Waals surface area contributed by atoms with Gasteiger partial charge in [0.15, 0.2) is 6.10 Å². The van der Waals surface area contributed by atoms with E-state index in [0.29, 0.717) is 0 Å². The van der Waals surface area contributed by atoms with Crippen molar-refractivity contribution >= 4 is 21.9 Å². The molecule has 1 saturated heterocycles. The molecule has 0 aromatic carbocycles. The molecule has 1 fully saturated rings. The number of amides is 1. The number of aliphatic carboxylic acids is 1. The van der Waals surface area contributed by atoms with Gasteiger partial charge >= 0.3 is 5.97 Å². The minimum absolute atomic E-state index is 0.0802. The van der Waals surface area contributed by atoms with Crippen LogP contribution in [0.4, 0.5) is 0 Å². The summed E-state index contributed by atoms with van der Waals surface area (Å²) in [5.41, 5.74) is 0. The Kier molecular flexibility index (Phi) is 4.65. The summed E-state index contributed by atoms with van der Waals surface area (Å²) >= 11 is 0. The average molecular weight is 280 g/mol. The van der Waals surface area contributed by atoms with E-state index in [4.69, 9.17) is 15.4 Å². The molecule has 0 radical (unpaired) electrons. The molecule has 1 rings (SSSR count). The number of carbonyl (C=O) groups excluding carboxylic acids is 1. The number of carboxylic acid groups (broad SMARTS) is 1. The fraction of sp³-hybridized carbons (Fsp3) is 0.778. The van der Waals surface area contributed by atoms with Crippen LogP contribution < -0.4 is 5.14 Å². The second kappa shape index (κ2) is 5.63. The van der Waals surface area contributed by atoms with E-state index in [2.05, 4.69) is 0 Å². The van der Waals surface area contributed by atoms with Crippen molar-refractivity contribution in [2.45, 2.75) is 18.9 Å². The smallest absolute Gasteiger partial charge is 0.332 e. The zero-order valence-electron chi connectivity index (χ0n) is 9.65. The summed E-state index contributed by atoms with van der Waals surface area (Å²) in [7, 11) is -3.62. The highest BCUT2D eigenvalue weighted by molar-refractivity contribution is 7.89. The number of nitrogens with two attached hydrogens (primary N) is 1. The molecular weight excluding hydrogens is 264 g/mol. The van der Waals surface area contributed by atoms with Gasteiger partial charge in [-0.05, 0) is 0 Å². The van der Waals surface area contributed by atoms with E-state index in [1.165, 1.54) is 4.90 Å². The average Bonchev–Trinajstić information content (AvgIpc) is 2.52. The Labute approximate surface area is 104 Å². The lowest BCUT2D eigenvalue weighted by atomic mass is 10.1. The van der Waals surface area contributed by atoms with Crippen LogP contribution in [0, 0.1) is 5.92 Å². The molecule has 104 valence electrons. The number of hydrogen-bond acceptors (Lipinski definition) is 5. The van der Waals surface area contributed by atoms with Crippen LogP contribution in [0.25, 0.3) is 0 Å². The van der Waals surface area contributed by atoms with E-state index < -0.39 is 22.1 Å². The Hall–Kier alpha value is -1.19. The van der Waals surface area contributed by atoms with E-state index in [9.17, 15) is 18.0 Å². The molecule has 0 saturated carbocycles. The second-order valence-electron chi connectivity index (χ2n) is 4.38. The SMILES string of the molecule is NS(=O)(=O)CC1CC(=O)N(CC[C@H](O)C(=O)O)C1. The van der Waals surface area contributed by atoms with Crippen LogP contribution in [-0.2, 0) is 19.6 Å². The molecule has 1 aliphatic rings. The van der Waals surface area contributed by atoms with Crippen molar-refractivity contribution in [2.75, 3.05) is 18.8 Å². The zero-order valence-corrected chi connectivity index (χ0v) is 10.5. The van der Waals surface area contributed by atoms with E-state index in [1.54, 1.807) is 0 Å². The maximum atomic E-state index is 11.5. The molecule has 1 unspecified atom stereocenters. The molecule has 1 amide bonds. The molecule has 0 aromatic heterocycles. The van der Waals surface area contributed by atoms with Gasteiger partial charge in [0.2, 0.25) is 15.9 Å². The lowest BCUT2D eigenvalue weighted by Crippen LogP contribution is -2.32. The molecule has 1 aliphatic heterocycles. The molecule has 0 aromatic rings. The number of hydrogen-bond donors (Lipinski definition) is 3. The third-order valence-electron chi connectivity index (χ3n) is 2.72. The van der Waals surface area contributed by atoms with E-state index in [-0.39, 0.29) is 43.5 Å². The first-order valence-electron chi connectivity index (χ1n) is 5.38. The summed E-state index contributed by atoms with van der Waals surface area (Å²) in [5.74, 6) is -2.23. The Balaban J connectivity index is 2.45. The van der Waals surface area contributed by atoms with E-state index in [0.717, 1.165) is 0 Å². The Morgan fingerprint density at radius 3 is 2.67 bits per heavy atom. The van der Waals surface area contributed by atoms with Crippen molar-refractivity contribution in [2.24, 2.45) is 11.1 Å². The molecule has 18 heavy (non-hydrogen) atoms. The van der Waals surface area contributed by atoms with Crippen LogP contribution in [0.3, 0.4) is 0 Å². The van der Waals surface area contributed by atoms with E-state index in [1.807, 2.05) is 0 Å². The summed E-state index contributed by atoms with van der Waals surface area (Å²) in [6, 6.07) is 0. The first-order chi connectivity index (χ1) is 8.19. The predicted octanol–water partition coefficient (Wildman–Crippen LogP) is -2.04. The molecule has 4 N–H and O–H groups in total. The highest BCUT2D eigenvalue weighted by atomic mass is 32.2. The van der Waals surface area contributed by atoms with Crippen LogP contribution in [0.1, 0.15) is 12.8 Å². The number of primary sulfonamides is 1. The standard InChI is InChI=1S/C9H16N2O6S/c10-18(16,17)5-6-3-8(13)11(4-6)2-1-7(12)9(14)15/h6-7,12H,1-5H2,(H,14,15)(H2,10,16,17)/t6?,7-/m0/s1. The van der Waals surface area contributed by atoms with Crippen molar-refractivity contribution in [1.82, 2.24) is 4.90 Å². The second-order valence-corrected chi connectivity index (χ2v) is 6.04. The fourth-order valence-electron chi connectivity index (χ4n) is 1.91. The van der Waals surface area contributed by atoms with Gasteiger partial charge in [-0.2, -0.15) is 0 Å². The normalized spacial score (nSPS) is 22.2. The van der Waals surface area contributed by atoms with Crippen molar-refractivity contribution in [3.8, 4) is 0 Å². The Morgan fingerprint density at radius 2 is 2.17 bits per heavy atom. The van der Waals surface area contributed by atoms with Crippen molar-refractivity contribution in [1.29, 1.82) is 0 Å². The highest BCUT2D eigenvalue weighted by Gasteiger charge is 2.32. The summed E-state index contributed by atoms with van der Waals surface area (Å²) in [6.45, 7) is 0.315. The fourth-order valence-corrected chi connectivity index (χ4v) is 2.79. The zero-order chi connectivity index (χ0) is 13.9. The van der Waals surface area contributed by atoms with Crippen LogP contribution in [-0.4, -0.2) is 60.4 Å². The molecule has 0 spiro atoms. The third-order valence-corrected chi connectivity index (χ3v) is 3.66. The van der Waals surface area contributed by atoms with Crippen LogP contribution in [0.5, 0.6) is 0 Å². The maximum absolute atomic E-state index is 11.5. The number of nitrogens with zero attached hydrogens (tertiary/aromatic N) is 1. The van der Waals surface area contributed by atoms with Crippen LogP contribution in [0.2, 0.25) is 0 Å². The lowest BCUT2D eigenvalue weighted by Gasteiger charge is -2.17. The number of likely N-dealkylation sites (tertiary alicyclic amines) is 1. The number of aliphatic hydroxyl groups excluding tert-OH is 1. The van der Waals surface area contributed by atoms with Crippen LogP contribution >= 0.6 is 0 Å². The van der Waals surface area contributed by atoms with Gasteiger partial charge in [-0.1, -0.05) is 0 Å². The largest absolute Gasteiger partial charge is 0.479 e.